The second-order valence-electron chi connectivity index (χ2n) is 3.23. The summed E-state index contributed by atoms with van der Waals surface area (Å²) in [5, 5.41) is 0.0964. The first-order chi connectivity index (χ1) is 8.00. The van der Waals surface area contributed by atoms with Gasteiger partial charge in [0.1, 0.15) is 4.86 Å². The fourth-order valence-corrected chi connectivity index (χ4v) is 2.74. The van der Waals surface area contributed by atoms with Gasteiger partial charge < -0.3 is 0 Å². The summed E-state index contributed by atoms with van der Waals surface area (Å²) in [4.78, 5) is 0.125. The molecule has 0 heterocycles. The molecule has 0 N–H and O–H groups in total. The van der Waals surface area contributed by atoms with Gasteiger partial charge >= 0.3 is 0 Å². The minimum atomic E-state index is -2.41. The van der Waals surface area contributed by atoms with E-state index < -0.39 is 20.6 Å². The maximum atomic E-state index is 10.9. The lowest BCUT2D eigenvalue weighted by molar-refractivity contribution is 0.625. The van der Waals surface area contributed by atoms with Gasteiger partial charge in [0.25, 0.3) is 0 Å². The van der Waals surface area contributed by atoms with Crippen molar-refractivity contribution in [3.05, 3.63) is 46.6 Å². The highest BCUT2D eigenvalue weighted by Gasteiger charge is 2.19. The molecule has 2 aliphatic rings. The molecule has 88 valence electrons. The third kappa shape index (κ3) is 2.19. The maximum Gasteiger partial charge on any atom is 0.222 e. The van der Waals surface area contributed by atoms with Gasteiger partial charge in [0.15, 0.2) is 0 Å². The van der Waals surface area contributed by atoms with Crippen molar-refractivity contribution in [2.24, 2.45) is 0 Å². The van der Waals surface area contributed by atoms with E-state index in [2.05, 4.69) is 0 Å². The highest BCUT2D eigenvalue weighted by molar-refractivity contribution is 7.74. The fraction of sp³-hybridized carbons (Fsp3) is 0. The quantitative estimate of drug-likeness (QED) is 0.614. The van der Waals surface area contributed by atoms with Crippen LogP contribution in [0.4, 0.5) is 0 Å². The van der Waals surface area contributed by atoms with Gasteiger partial charge in [-0.05, 0) is 23.8 Å². The van der Waals surface area contributed by atoms with E-state index in [4.69, 9.17) is 11.6 Å². The van der Waals surface area contributed by atoms with Crippen molar-refractivity contribution in [3.63, 3.8) is 0 Å². The van der Waals surface area contributed by atoms with Gasteiger partial charge in [0.05, 0.1) is 9.90 Å². The zero-order valence-corrected chi connectivity index (χ0v) is 10.6. The molecule has 17 heavy (non-hydrogen) atoms. The highest BCUT2D eigenvalue weighted by Crippen LogP contribution is 2.28. The van der Waals surface area contributed by atoms with Crippen LogP contribution < -0.4 is 0 Å². The first-order valence-corrected chi connectivity index (χ1v) is 6.94. The number of rotatable bonds is 0. The summed E-state index contributed by atoms with van der Waals surface area (Å²) in [5.41, 5.74) is 1.08. The van der Waals surface area contributed by atoms with Crippen LogP contribution in [0, 0.1) is 0 Å². The van der Waals surface area contributed by atoms with Crippen molar-refractivity contribution in [1.82, 2.24) is 0 Å². The number of hydrogen-bond acceptors (Lipinski definition) is 4. The van der Waals surface area contributed by atoms with E-state index in [0.717, 1.165) is 0 Å². The molecule has 0 saturated carbocycles. The van der Waals surface area contributed by atoms with E-state index in [9.17, 15) is 16.8 Å². The Morgan fingerprint density at radius 3 is 2.18 bits per heavy atom. The van der Waals surface area contributed by atoms with Gasteiger partial charge in [0.2, 0.25) is 20.6 Å². The Morgan fingerprint density at radius 2 is 1.59 bits per heavy atom. The second-order valence-corrected chi connectivity index (χ2v) is 5.46. The van der Waals surface area contributed by atoms with Gasteiger partial charge in [-0.2, -0.15) is 16.8 Å². The minimum absolute atomic E-state index is 0.00448. The predicted octanol–water partition coefficient (Wildman–Crippen LogP) is 0.648. The first kappa shape index (κ1) is 12.1. The van der Waals surface area contributed by atoms with Crippen LogP contribution in [-0.4, -0.2) is 26.6 Å². The summed E-state index contributed by atoms with van der Waals surface area (Å²) in [7, 11) is -4.73. The SMILES string of the molecule is O=S(=O)=C1C=CC2=C(Cl)C(=S(=O)=O)C=CC2=C1. The molecule has 2 rings (SSSR count). The van der Waals surface area contributed by atoms with E-state index in [1.54, 1.807) is 0 Å². The molecule has 0 unspecified atom stereocenters. The molecule has 2 aliphatic carbocycles. The van der Waals surface area contributed by atoms with Crippen molar-refractivity contribution in [3.8, 4) is 0 Å². The van der Waals surface area contributed by atoms with E-state index in [0.29, 0.717) is 11.1 Å². The van der Waals surface area contributed by atoms with Gasteiger partial charge in [-0.1, -0.05) is 23.8 Å². The topological polar surface area (TPSA) is 68.3 Å². The lowest BCUT2D eigenvalue weighted by Crippen LogP contribution is -2.09. The third-order valence-electron chi connectivity index (χ3n) is 2.26. The van der Waals surface area contributed by atoms with E-state index in [1.165, 1.54) is 30.4 Å². The van der Waals surface area contributed by atoms with E-state index in [-0.39, 0.29) is 14.8 Å². The van der Waals surface area contributed by atoms with Crippen LogP contribution in [0.15, 0.2) is 46.6 Å². The Balaban J connectivity index is 2.72. The molecule has 0 aromatic carbocycles. The van der Waals surface area contributed by atoms with Gasteiger partial charge in [-0.3, -0.25) is 0 Å². The molecule has 0 bridgehead atoms. The molecule has 0 atom stereocenters. The molecule has 0 fully saturated rings. The van der Waals surface area contributed by atoms with E-state index >= 15 is 0 Å². The Bertz CT molecular complexity index is 771. The Labute approximate surface area is 105 Å². The summed E-state index contributed by atoms with van der Waals surface area (Å²) in [6, 6.07) is 0. The zero-order chi connectivity index (χ0) is 12.6. The van der Waals surface area contributed by atoms with Crippen LogP contribution >= 0.6 is 11.6 Å². The molecule has 0 radical (unpaired) electrons. The first-order valence-electron chi connectivity index (χ1n) is 4.41. The van der Waals surface area contributed by atoms with E-state index in [1.807, 2.05) is 0 Å². The summed E-state index contributed by atoms with van der Waals surface area (Å²) in [5.74, 6) is 0. The van der Waals surface area contributed by atoms with Crippen LogP contribution in [-0.2, 0) is 20.6 Å². The average molecular weight is 289 g/mol. The molecule has 0 amide bonds. The lowest BCUT2D eigenvalue weighted by Gasteiger charge is -2.14. The summed E-state index contributed by atoms with van der Waals surface area (Å²) in [6.45, 7) is 0. The van der Waals surface area contributed by atoms with Crippen molar-refractivity contribution in [1.29, 1.82) is 0 Å². The van der Waals surface area contributed by atoms with Crippen LogP contribution in [0.5, 0.6) is 0 Å². The second kappa shape index (κ2) is 4.48. The predicted molar refractivity (Wildman–Crippen MR) is 67.1 cm³/mol. The molecule has 0 aliphatic heterocycles. The molecule has 0 spiro atoms. The number of halogens is 1. The molecule has 0 saturated heterocycles. The number of allylic oxidation sites excluding steroid dienone is 8. The van der Waals surface area contributed by atoms with Crippen LogP contribution in [0.2, 0.25) is 0 Å². The van der Waals surface area contributed by atoms with Crippen molar-refractivity contribution >= 4 is 41.9 Å². The highest BCUT2D eigenvalue weighted by atomic mass is 35.5. The van der Waals surface area contributed by atoms with Crippen LogP contribution in [0.1, 0.15) is 0 Å². The number of hydrogen-bond donors (Lipinski definition) is 0. The monoisotopic (exact) mass is 288 g/mol. The normalized spacial score (nSPS) is 18.1. The van der Waals surface area contributed by atoms with Crippen molar-refractivity contribution in [2.75, 3.05) is 0 Å². The van der Waals surface area contributed by atoms with Crippen LogP contribution in [0.3, 0.4) is 0 Å². The Kier molecular flexibility index (Phi) is 3.19. The maximum absolute atomic E-state index is 10.9. The zero-order valence-electron chi connectivity index (χ0n) is 8.21. The van der Waals surface area contributed by atoms with Gasteiger partial charge in [-0.25, -0.2) is 0 Å². The van der Waals surface area contributed by atoms with Crippen molar-refractivity contribution < 1.29 is 16.8 Å². The summed E-state index contributed by atoms with van der Waals surface area (Å²) >= 11 is 5.92. The van der Waals surface area contributed by atoms with Gasteiger partial charge in [-0.15, -0.1) is 0 Å². The standard InChI is InChI=1S/C10H5ClO4S2/c11-10-8-3-2-7(16(12)13)5-6(8)1-4-9(10)17(14)15/h1-5H. The summed E-state index contributed by atoms with van der Waals surface area (Å²) in [6.07, 6.45) is 7.14. The lowest BCUT2D eigenvalue weighted by atomic mass is 9.94. The smallest absolute Gasteiger partial charge is 0.184 e. The Morgan fingerprint density at radius 1 is 0.882 bits per heavy atom. The third-order valence-corrected chi connectivity index (χ3v) is 4.12. The number of fused-ring (bicyclic) bond motifs is 1. The fourth-order valence-electron chi connectivity index (χ4n) is 1.48. The molecule has 0 aromatic heterocycles. The Hall–Kier alpha value is -1.37. The molecule has 0 aromatic rings. The molecular weight excluding hydrogens is 284 g/mol. The molecule has 4 nitrogen and oxygen atoms in total. The van der Waals surface area contributed by atoms with Crippen LogP contribution in [0.25, 0.3) is 0 Å². The van der Waals surface area contributed by atoms with Gasteiger partial charge in [0, 0.05) is 5.57 Å². The minimum Gasteiger partial charge on any atom is -0.184 e. The largest absolute Gasteiger partial charge is 0.222 e. The molecular formula is C10H5ClO4S2. The average Bonchev–Trinajstić information content (AvgIpc) is 2.28. The summed E-state index contributed by atoms with van der Waals surface area (Å²) < 4.78 is 43.3. The molecule has 7 heteroatoms. The van der Waals surface area contributed by atoms with Crippen molar-refractivity contribution in [2.45, 2.75) is 0 Å².